The highest BCUT2D eigenvalue weighted by Crippen LogP contribution is 2.09. The van der Waals surface area contributed by atoms with Gasteiger partial charge >= 0.3 is 0 Å². The second kappa shape index (κ2) is 8.35. The summed E-state index contributed by atoms with van der Waals surface area (Å²) in [6.45, 7) is 6.71. The first kappa shape index (κ1) is 13.2. The van der Waals surface area contributed by atoms with E-state index in [1.54, 1.807) is 0 Å². The molecule has 1 nitrogen and oxygen atoms in total. The van der Waals surface area contributed by atoms with E-state index in [4.69, 9.17) is 4.74 Å². The summed E-state index contributed by atoms with van der Waals surface area (Å²) < 4.78 is 5.58. The number of rotatable bonds is 8. The number of benzene rings is 1. The van der Waals surface area contributed by atoms with Gasteiger partial charge in [0, 0.05) is 6.61 Å². The molecule has 1 heteroatoms. The molecule has 0 aliphatic carbocycles. The van der Waals surface area contributed by atoms with Gasteiger partial charge in [0.25, 0.3) is 0 Å². The third kappa shape index (κ3) is 5.92. The van der Waals surface area contributed by atoms with Crippen LogP contribution in [0.1, 0.15) is 38.2 Å². The van der Waals surface area contributed by atoms with Gasteiger partial charge in [-0.15, -0.1) is 0 Å². The number of aryl methyl sites for hydroxylation is 1. The van der Waals surface area contributed by atoms with Gasteiger partial charge in [0.15, 0.2) is 0 Å². The van der Waals surface area contributed by atoms with Crippen LogP contribution in [-0.2, 0) is 11.2 Å². The number of hydrogen-bond donors (Lipinski definition) is 0. The van der Waals surface area contributed by atoms with Crippen LogP contribution in [0.25, 0.3) is 0 Å². The first-order valence-corrected chi connectivity index (χ1v) is 6.27. The fraction of sp³-hybridized carbons (Fsp3) is 0.533. The quantitative estimate of drug-likeness (QED) is 0.600. The lowest BCUT2D eigenvalue weighted by Crippen LogP contribution is -2.08. The zero-order valence-electron chi connectivity index (χ0n) is 10.3. The molecule has 1 rings (SSSR count). The van der Waals surface area contributed by atoms with E-state index in [9.17, 15) is 0 Å². The van der Waals surface area contributed by atoms with E-state index in [-0.39, 0.29) is 0 Å². The third-order valence-electron chi connectivity index (χ3n) is 2.72. The Morgan fingerprint density at radius 1 is 1.19 bits per heavy atom. The summed E-state index contributed by atoms with van der Waals surface area (Å²) >= 11 is 0. The van der Waals surface area contributed by atoms with Crippen LogP contribution in [0.2, 0.25) is 0 Å². The lowest BCUT2D eigenvalue weighted by molar-refractivity contribution is 0.0616. The standard InChI is InChI=1S/C15H23O/c1-3-13-16-14(2)9-7-8-12-15-10-5-4-6-11-15/h4-6,10-11,14H,1,3,7-9,12-13H2,2H3. The van der Waals surface area contributed by atoms with Crippen molar-refractivity contribution in [3.8, 4) is 0 Å². The number of unbranched alkanes of at least 4 members (excludes halogenated alkanes) is 1. The summed E-state index contributed by atoms with van der Waals surface area (Å²) in [5, 5.41) is 0. The summed E-state index contributed by atoms with van der Waals surface area (Å²) in [5.74, 6) is 0. The van der Waals surface area contributed by atoms with Crippen molar-refractivity contribution in [3.63, 3.8) is 0 Å². The average Bonchev–Trinajstić information content (AvgIpc) is 2.33. The molecule has 1 aromatic carbocycles. The highest BCUT2D eigenvalue weighted by atomic mass is 16.5. The molecule has 1 unspecified atom stereocenters. The van der Waals surface area contributed by atoms with Crippen molar-refractivity contribution in [2.24, 2.45) is 0 Å². The van der Waals surface area contributed by atoms with Crippen LogP contribution < -0.4 is 0 Å². The molecule has 1 aromatic rings. The molecule has 0 amide bonds. The van der Waals surface area contributed by atoms with E-state index in [1.807, 2.05) is 0 Å². The minimum Gasteiger partial charge on any atom is -0.379 e. The molecule has 1 atom stereocenters. The van der Waals surface area contributed by atoms with E-state index in [2.05, 4.69) is 44.2 Å². The van der Waals surface area contributed by atoms with Gasteiger partial charge in [-0.2, -0.15) is 0 Å². The molecule has 0 spiro atoms. The Balaban J connectivity index is 2.03. The fourth-order valence-corrected chi connectivity index (χ4v) is 1.77. The monoisotopic (exact) mass is 219 g/mol. The van der Waals surface area contributed by atoms with Crippen LogP contribution in [0.3, 0.4) is 0 Å². The van der Waals surface area contributed by atoms with Gasteiger partial charge in [0.2, 0.25) is 0 Å². The molecule has 0 aromatic heterocycles. The van der Waals surface area contributed by atoms with E-state index in [0.717, 1.165) is 19.4 Å². The Kier molecular flexibility index (Phi) is 6.91. The normalized spacial score (nSPS) is 12.6. The minimum atomic E-state index is 0.387. The van der Waals surface area contributed by atoms with E-state index in [1.165, 1.54) is 24.8 Å². The van der Waals surface area contributed by atoms with E-state index < -0.39 is 0 Å². The van der Waals surface area contributed by atoms with Crippen molar-refractivity contribution in [1.82, 2.24) is 0 Å². The predicted octanol–water partition coefficient (Wildman–Crippen LogP) is 4.03. The Morgan fingerprint density at radius 3 is 2.62 bits per heavy atom. The summed E-state index contributed by atoms with van der Waals surface area (Å²) in [5.41, 5.74) is 1.44. The molecule has 0 aliphatic rings. The first-order valence-electron chi connectivity index (χ1n) is 6.27. The highest BCUT2D eigenvalue weighted by molar-refractivity contribution is 5.14. The Morgan fingerprint density at radius 2 is 1.94 bits per heavy atom. The van der Waals surface area contributed by atoms with Crippen LogP contribution >= 0.6 is 0 Å². The maximum Gasteiger partial charge on any atom is 0.0547 e. The van der Waals surface area contributed by atoms with Gasteiger partial charge in [-0.3, -0.25) is 0 Å². The lowest BCUT2D eigenvalue weighted by atomic mass is 10.1. The van der Waals surface area contributed by atoms with E-state index >= 15 is 0 Å². The van der Waals surface area contributed by atoms with Gasteiger partial charge in [-0.1, -0.05) is 43.7 Å². The minimum absolute atomic E-state index is 0.387. The molecular formula is C15H23O. The Hall–Kier alpha value is -0.820. The fourth-order valence-electron chi connectivity index (χ4n) is 1.77. The van der Waals surface area contributed by atoms with Crippen LogP contribution in [0.15, 0.2) is 30.3 Å². The average molecular weight is 219 g/mol. The van der Waals surface area contributed by atoms with E-state index in [0.29, 0.717) is 6.10 Å². The van der Waals surface area contributed by atoms with Gasteiger partial charge in [-0.25, -0.2) is 0 Å². The van der Waals surface area contributed by atoms with Crippen LogP contribution in [-0.4, -0.2) is 12.7 Å². The largest absolute Gasteiger partial charge is 0.379 e. The van der Waals surface area contributed by atoms with Crippen LogP contribution in [0.4, 0.5) is 0 Å². The zero-order chi connectivity index (χ0) is 11.6. The molecule has 89 valence electrons. The predicted molar refractivity (Wildman–Crippen MR) is 69.4 cm³/mol. The summed E-state index contributed by atoms with van der Waals surface area (Å²) in [7, 11) is 0. The molecule has 1 radical (unpaired) electrons. The van der Waals surface area contributed by atoms with Crippen molar-refractivity contribution < 1.29 is 4.74 Å². The maximum absolute atomic E-state index is 5.58. The number of hydrogen-bond acceptors (Lipinski definition) is 1. The van der Waals surface area contributed by atoms with Crippen molar-refractivity contribution >= 4 is 0 Å². The summed E-state index contributed by atoms with van der Waals surface area (Å²) in [6.07, 6.45) is 6.09. The van der Waals surface area contributed by atoms with Gasteiger partial charge in [-0.05, 0) is 38.2 Å². The van der Waals surface area contributed by atoms with Gasteiger partial charge in [0.1, 0.15) is 0 Å². The van der Waals surface area contributed by atoms with Crippen molar-refractivity contribution in [2.45, 2.75) is 45.1 Å². The first-order chi connectivity index (χ1) is 7.83. The molecule has 0 saturated carbocycles. The molecule has 0 heterocycles. The molecule has 0 N–H and O–H groups in total. The third-order valence-corrected chi connectivity index (χ3v) is 2.72. The van der Waals surface area contributed by atoms with Crippen molar-refractivity contribution in [1.29, 1.82) is 0 Å². The molecule has 0 fully saturated rings. The Labute approximate surface area is 99.8 Å². The second-order valence-corrected chi connectivity index (χ2v) is 4.27. The van der Waals surface area contributed by atoms with Crippen molar-refractivity contribution in [3.05, 3.63) is 42.8 Å². The molecule has 16 heavy (non-hydrogen) atoms. The second-order valence-electron chi connectivity index (χ2n) is 4.27. The highest BCUT2D eigenvalue weighted by Gasteiger charge is 2.01. The number of ether oxygens (including phenoxy) is 1. The summed E-state index contributed by atoms with van der Waals surface area (Å²) in [4.78, 5) is 0. The zero-order valence-corrected chi connectivity index (χ0v) is 10.3. The molecule has 0 bridgehead atoms. The maximum atomic E-state index is 5.58. The molecule has 0 aliphatic heterocycles. The van der Waals surface area contributed by atoms with Crippen LogP contribution in [0, 0.1) is 6.92 Å². The molecular weight excluding hydrogens is 196 g/mol. The SMILES string of the molecule is [CH2]CCOC(C)CCCCc1ccccc1. The van der Waals surface area contributed by atoms with Crippen LogP contribution in [0.5, 0.6) is 0 Å². The lowest BCUT2D eigenvalue weighted by Gasteiger charge is -2.11. The molecule has 0 saturated heterocycles. The smallest absolute Gasteiger partial charge is 0.0547 e. The van der Waals surface area contributed by atoms with Crippen molar-refractivity contribution in [2.75, 3.05) is 6.61 Å². The van der Waals surface area contributed by atoms with Gasteiger partial charge in [0.05, 0.1) is 6.10 Å². The van der Waals surface area contributed by atoms with Gasteiger partial charge < -0.3 is 4.74 Å². The summed E-state index contributed by atoms with van der Waals surface area (Å²) in [6, 6.07) is 10.7. The Bertz CT molecular complexity index is 255. The topological polar surface area (TPSA) is 9.23 Å².